The van der Waals surface area contributed by atoms with Gasteiger partial charge in [-0.3, -0.25) is 23.5 Å². The molecule has 3 aromatic rings. The van der Waals surface area contributed by atoms with Gasteiger partial charge >= 0.3 is 5.69 Å². The number of hydrogen-bond donors (Lipinski definition) is 1. The summed E-state index contributed by atoms with van der Waals surface area (Å²) in [5, 5.41) is 4.56. The number of nitrogens with zero attached hydrogens (tertiary/aromatic N) is 3. The van der Waals surface area contributed by atoms with Crippen molar-refractivity contribution >= 4 is 33.4 Å². The van der Waals surface area contributed by atoms with E-state index in [9.17, 15) is 19.2 Å². The Morgan fingerprint density at radius 2 is 1.74 bits per heavy atom. The first kappa shape index (κ1) is 23.9. The maximum absolute atomic E-state index is 13.3. The molecule has 1 aliphatic rings. The standard InChI is InChI=1S/C25H30N4O4S/c1-17-12-18(2)15-27(14-17)22(31)16-29-20-9-11-34-23(20)24(32)28(25(29)33)10-8-21(30)26-13-19-6-4-3-5-7-19/h3-7,9,11,17-18H,8,10,12-16H2,1-2H3,(H,26,30)/t17-,18+. The quantitative estimate of drug-likeness (QED) is 0.560. The van der Waals surface area contributed by atoms with Gasteiger partial charge in [-0.15, -0.1) is 11.3 Å². The van der Waals surface area contributed by atoms with Gasteiger partial charge in [0.05, 0.1) is 5.52 Å². The molecule has 0 saturated carbocycles. The SMILES string of the molecule is C[C@@H]1C[C@H](C)CN(C(=O)Cn2c(=O)n(CCC(=O)NCc3ccccc3)c(=O)c3sccc32)C1. The van der Waals surface area contributed by atoms with Crippen molar-refractivity contribution in [1.82, 2.24) is 19.4 Å². The van der Waals surface area contributed by atoms with E-state index >= 15 is 0 Å². The molecule has 0 spiro atoms. The molecule has 1 aromatic carbocycles. The Morgan fingerprint density at radius 1 is 1.03 bits per heavy atom. The Balaban J connectivity index is 1.52. The van der Waals surface area contributed by atoms with Crippen LogP contribution in [0.1, 0.15) is 32.3 Å². The summed E-state index contributed by atoms with van der Waals surface area (Å²) in [5.74, 6) is 0.446. The average molecular weight is 483 g/mol. The molecule has 180 valence electrons. The van der Waals surface area contributed by atoms with Crippen molar-refractivity contribution < 1.29 is 9.59 Å². The third-order valence-corrected chi connectivity index (χ3v) is 7.14. The van der Waals surface area contributed by atoms with E-state index in [0.29, 0.717) is 41.7 Å². The molecule has 2 aromatic heterocycles. The molecule has 2 atom stereocenters. The van der Waals surface area contributed by atoms with Crippen molar-refractivity contribution in [1.29, 1.82) is 0 Å². The van der Waals surface area contributed by atoms with Crippen LogP contribution in [0.3, 0.4) is 0 Å². The summed E-state index contributed by atoms with van der Waals surface area (Å²) in [5.41, 5.74) is 0.458. The van der Waals surface area contributed by atoms with Gasteiger partial charge in [0.15, 0.2) is 0 Å². The lowest BCUT2D eigenvalue weighted by Gasteiger charge is -2.35. The molecule has 0 radical (unpaired) electrons. The molecule has 3 heterocycles. The number of hydrogen-bond acceptors (Lipinski definition) is 5. The number of carbonyl (C=O) groups excluding carboxylic acids is 2. The zero-order valence-electron chi connectivity index (χ0n) is 19.5. The number of fused-ring (bicyclic) bond motifs is 1. The van der Waals surface area contributed by atoms with Gasteiger partial charge in [0.1, 0.15) is 11.2 Å². The van der Waals surface area contributed by atoms with E-state index in [4.69, 9.17) is 0 Å². The number of amides is 2. The minimum absolute atomic E-state index is 0.00599. The molecule has 9 heteroatoms. The summed E-state index contributed by atoms with van der Waals surface area (Å²) in [6.07, 6.45) is 1.07. The second-order valence-electron chi connectivity index (χ2n) is 9.22. The van der Waals surface area contributed by atoms with Gasteiger partial charge in [-0.25, -0.2) is 4.79 Å². The summed E-state index contributed by atoms with van der Waals surface area (Å²) >= 11 is 1.24. The van der Waals surface area contributed by atoms with Gasteiger partial charge in [-0.1, -0.05) is 44.2 Å². The number of likely N-dealkylation sites (tertiary alicyclic amines) is 1. The summed E-state index contributed by atoms with van der Waals surface area (Å²) in [6.45, 7) is 5.82. The summed E-state index contributed by atoms with van der Waals surface area (Å²) in [4.78, 5) is 53.5. The number of rotatable bonds is 7. The van der Waals surface area contributed by atoms with Crippen LogP contribution in [-0.2, 0) is 29.2 Å². The fourth-order valence-electron chi connectivity index (χ4n) is 4.68. The van der Waals surface area contributed by atoms with Crippen molar-refractivity contribution in [3.05, 3.63) is 68.2 Å². The van der Waals surface area contributed by atoms with Crippen molar-refractivity contribution in [2.24, 2.45) is 11.8 Å². The number of benzene rings is 1. The van der Waals surface area contributed by atoms with E-state index in [1.54, 1.807) is 11.4 Å². The molecule has 0 unspecified atom stereocenters. The van der Waals surface area contributed by atoms with Crippen LogP contribution in [-0.4, -0.2) is 38.9 Å². The second-order valence-corrected chi connectivity index (χ2v) is 10.1. The van der Waals surface area contributed by atoms with E-state index in [-0.39, 0.29) is 31.3 Å². The Labute approximate surface area is 201 Å². The van der Waals surface area contributed by atoms with Crippen LogP contribution in [0.15, 0.2) is 51.4 Å². The number of piperidine rings is 1. The van der Waals surface area contributed by atoms with Crippen LogP contribution >= 0.6 is 11.3 Å². The maximum Gasteiger partial charge on any atom is 0.332 e. The maximum atomic E-state index is 13.3. The third kappa shape index (κ3) is 5.30. The molecule has 34 heavy (non-hydrogen) atoms. The molecule has 4 rings (SSSR count). The minimum atomic E-state index is -0.557. The fourth-order valence-corrected chi connectivity index (χ4v) is 5.53. The predicted molar refractivity (Wildman–Crippen MR) is 133 cm³/mol. The highest BCUT2D eigenvalue weighted by atomic mass is 32.1. The Morgan fingerprint density at radius 3 is 2.44 bits per heavy atom. The molecule has 1 fully saturated rings. The smallest absolute Gasteiger partial charge is 0.332 e. The third-order valence-electron chi connectivity index (χ3n) is 6.25. The highest BCUT2D eigenvalue weighted by Crippen LogP contribution is 2.22. The van der Waals surface area contributed by atoms with Crippen LogP contribution in [0.2, 0.25) is 0 Å². The normalized spacial score (nSPS) is 18.2. The monoisotopic (exact) mass is 482 g/mol. The topological polar surface area (TPSA) is 93.4 Å². The Kier molecular flexibility index (Phi) is 7.31. The highest BCUT2D eigenvalue weighted by molar-refractivity contribution is 7.17. The lowest BCUT2D eigenvalue weighted by Crippen LogP contribution is -2.47. The summed E-state index contributed by atoms with van der Waals surface area (Å²) in [7, 11) is 0. The largest absolute Gasteiger partial charge is 0.352 e. The van der Waals surface area contributed by atoms with Crippen molar-refractivity contribution in [2.45, 2.75) is 46.3 Å². The van der Waals surface area contributed by atoms with E-state index in [0.717, 1.165) is 16.6 Å². The Bertz CT molecular complexity index is 1280. The number of carbonyl (C=O) groups is 2. The van der Waals surface area contributed by atoms with Gasteiger partial charge in [0.2, 0.25) is 11.8 Å². The molecule has 1 aliphatic heterocycles. The van der Waals surface area contributed by atoms with Crippen molar-refractivity contribution in [2.75, 3.05) is 13.1 Å². The van der Waals surface area contributed by atoms with E-state index < -0.39 is 11.2 Å². The lowest BCUT2D eigenvalue weighted by atomic mass is 9.92. The van der Waals surface area contributed by atoms with Gasteiger partial charge in [-0.05, 0) is 35.3 Å². The molecule has 1 N–H and O–H groups in total. The zero-order valence-corrected chi connectivity index (χ0v) is 20.3. The first-order valence-electron chi connectivity index (χ1n) is 11.6. The van der Waals surface area contributed by atoms with Gasteiger partial charge in [0, 0.05) is 32.6 Å². The fraction of sp³-hybridized carbons (Fsp3) is 0.440. The van der Waals surface area contributed by atoms with E-state index in [1.165, 1.54) is 15.9 Å². The number of thiophene rings is 1. The molecule has 0 bridgehead atoms. The second kappa shape index (κ2) is 10.4. The molecule has 2 amide bonds. The lowest BCUT2D eigenvalue weighted by molar-refractivity contribution is -0.134. The number of nitrogens with one attached hydrogen (secondary N) is 1. The summed E-state index contributed by atoms with van der Waals surface area (Å²) in [6, 6.07) is 11.2. The molecule has 8 nitrogen and oxygen atoms in total. The van der Waals surface area contributed by atoms with Crippen LogP contribution < -0.4 is 16.6 Å². The Hall–Kier alpha value is -3.20. The van der Waals surface area contributed by atoms with Crippen LogP contribution in [0.5, 0.6) is 0 Å². The number of aromatic nitrogens is 2. The van der Waals surface area contributed by atoms with Crippen LogP contribution in [0.4, 0.5) is 0 Å². The van der Waals surface area contributed by atoms with E-state index in [2.05, 4.69) is 19.2 Å². The van der Waals surface area contributed by atoms with Crippen LogP contribution in [0, 0.1) is 11.8 Å². The first-order chi connectivity index (χ1) is 16.3. The molecular formula is C25H30N4O4S. The summed E-state index contributed by atoms with van der Waals surface area (Å²) < 4.78 is 2.87. The zero-order chi connectivity index (χ0) is 24.2. The minimum Gasteiger partial charge on any atom is -0.352 e. The van der Waals surface area contributed by atoms with E-state index in [1.807, 2.05) is 35.2 Å². The van der Waals surface area contributed by atoms with Crippen LogP contribution in [0.25, 0.3) is 10.2 Å². The molecular weight excluding hydrogens is 452 g/mol. The molecule has 0 aliphatic carbocycles. The van der Waals surface area contributed by atoms with Gasteiger partial charge in [-0.2, -0.15) is 0 Å². The van der Waals surface area contributed by atoms with Gasteiger partial charge in [0.25, 0.3) is 5.56 Å². The predicted octanol–water partition coefficient (Wildman–Crippen LogP) is 2.44. The first-order valence-corrected chi connectivity index (χ1v) is 12.5. The average Bonchev–Trinajstić information content (AvgIpc) is 3.30. The highest BCUT2D eigenvalue weighted by Gasteiger charge is 2.26. The van der Waals surface area contributed by atoms with Gasteiger partial charge < -0.3 is 10.2 Å². The van der Waals surface area contributed by atoms with Crippen molar-refractivity contribution in [3.8, 4) is 0 Å². The van der Waals surface area contributed by atoms with Crippen molar-refractivity contribution in [3.63, 3.8) is 0 Å². The molecule has 1 saturated heterocycles.